The number of halogens is 1. The molecule has 0 unspecified atom stereocenters. The van der Waals surface area contributed by atoms with Crippen LogP contribution < -0.4 is 15.8 Å². The van der Waals surface area contributed by atoms with Gasteiger partial charge in [0.05, 0.1) is 18.0 Å². The van der Waals surface area contributed by atoms with Crippen molar-refractivity contribution in [3.8, 4) is 5.75 Å². The van der Waals surface area contributed by atoms with Crippen molar-refractivity contribution >= 4 is 17.1 Å². The minimum Gasteiger partial charge on any atom is -0.493 e. The van der Waals surface area contributed by atoms with E-state index in [2.05, 4.69) is 5.32 Å². The highest BCUT2D eigenvalue weighted by molar-refractivity contribution is 5.73. The van der Waals surface area contributed by atoms with E-state index in [4.69, 9.17) is 10.5 Å². The molecule has 2 aromatic rings. The summed E-state index contributed by atoms with van der Waals surface area (Å²) in [6, 6.07) is 10.4. The lowest BCUT2D eigenvalue weighted by atomic mass is 10.1. The van der Waals surface area contributed by atoms with Crippen molar-refractivity contribution in [3.63, 3.8) is 0 Å². The molecule has 4 heteroatoms. The fourth-order valence-corrected chi connectivity index (χ4v) is 2.08. The SMILES string of the molecule is Nc1cccc(F)c1Nc1ccc2c(c1)CCO2. The molecule has 3 N–H and O–H groups in total. The Morgan fingerprint density at radius 1 is 1.22 bits per heavy atom. The van der Waals surface area contributed by atoms with Gasteiger partial charge in [-0.2, -0.15) is 0 Å². The van der Waals surface area contributed by atoms with E-state index in [-0.39, 0.29) is 5.82 Å². The van der Waals surface area contributed by atoms with Crippen LogP contribution in [0.2, 0.25) is 0 Å². The van der Waals surface area contributed by atoms with Gasteiger partial charge < -0.3 is 15.8 Å². The number of hydrogen-bond donors (Lipinski definition) is 2. The first-order valence-corrected chi connectivity index (χ1v) is 5.81. The molecule has 0 atom stereocenters. The molecule has 0 aliphatic carbocycles. The van der Waals surface area contributed by atoms with Gasteiger partial charge in [0, 0.05) is 12.1 Å². The predicted molar refractivity (Wildman–Crippen MR) is 69.7 cm³/mol. The standard InChI is InChI=1S/C14H13FN2O/c15-11-2-1-3-12(16)14(11)17-10-4-5-13-9(8-10)6-7-18-13/h1-5,8,17H,6-7,16H2. The highest BCUT2D eigenvalue weighted by Crippen LogP contribution is 2.31. The maximum atomic E-state index is 13.6. The maximum absolute atomic E-state index is 13.6. The normalized spacial score (nSPS) is 12.9. The summed E-state index contributed by atoms with van der Waals surface area (Å²) < 4.78 is 19.1. The Balaban J connectivity index is 1.93. The van der Waals surface area contributed by atoms with Gasteiger partial charge in [0.1, 0.15) is 11.6 Å². The fraction of sp³-hybridized carbons (Fsp3) is 0.143. The molecular formula is C14H13FN2O. The maximum Gasteiger partial charge on any atom is 0.148 e. The zero-order valence-corrected chi connectivity index (χ0v) is 9.74. The number of para-hydroxylation sites is 1. The molecule has 1 aliphatic heterocycles. The van der Waals surface area contributed by atoms with E-state index in [0.717, 1.165) is 23.4 Å². The van der Waals surface area contributed by atoms with E-state index in [1.165, 1.54) is 6.07 Å². The second-order valence-corrected chi connectivity index (χ2v) is 4.25. The Hall–Kier alpha value is -2.23. The first-order valence-electron chi connectivity index (χ1n) is 5.81. The monoisotopic (exact) mass is 244 g/mol. The summed E-state index contributed by atoms with van der Waals surface area (Å²) >= 11 is 0. The van der Waals surface area contributed by atoms with Crippen molar-refractivity contribution in [2.75, 3.05) is 17.7 Å². The van der Waals surface area contributed by atoms with Crippen LogP contribution in [0.25, 0.3) is 0 Å². The molecule has 0 bridgehead atoms. The van der Waals surface area contributed by atoms with Gasteiger partial charge in [0.25, 0.3) is 0 Å². The predicted octanol–water partition coefficient (Wildman–Crippen LogP) is 3.09. The summed E-state index contributed by atoms with van der Waals surface area (Å²) in [7, 11) is 0. The molecule has 1 aliphatic rings. The second-order valence-electron chi connectivity index (χ2n) is 4.25. The van der Waals surface area contributed by atoms with E-state index in [0.29, 0.717) is 18.0 Å². The van der Waals surface area contributed by atoms with E-state index in [9.17, 15) is 4.39 Å². The Kier molecular flexibility index (Phi) is 2.55. The summed E-state index contributed by atoms with van der Waals surface area (Å²) in [4.78, 5) is 0. The number of hydrogen-bond acceptors (Lipinski definition) is 3. The number of nitrogens with one attached hydrogen (secondary N) is 1. The van der Waals surface area contributed by atoms with Crippen LogP contribution in [0.1, 0.15) is 5.56 Å². The van der Waals surface area contributed by atoms with Crippen LogP contribution in [0.3, 0.4) is 0 Å². The van der Waals surface area contributed by atoms with Gasteiger partial charge in [-0.25, -0.2) is 4.39 Å². The quantitative estimate of drug-likeness (QED) is 0.798. The Labute approximate surface area is 104 Å². The van der Waals surface area contributed by atoms with Gasteiger partial charge in [-0.1, -0.05) is 6.07 Å². The minimum absolute atomic E-state index is 0.316. The van der Waals surface area contributed by atoms with Crippen LogP contribution in [-0.2, 0) is 6.42 Å². The first kappa shape index (κ1) is 10.9. The Morgan fingerprint density at radius 2 is 2.11 bits per heavy atom. The summed E-state index contributed by atoms with van der Waals surface area (Å²) in [5.74, 6) is 0.550. The molecule has 0 amide bonds. The van der Waals surface area contributed by atoms with Gasteiger partial charge in [0.15, 0.2) is 0 Å². The number of nitrogens with two attached hydrogens (primary N) is 1. The minimum atomic E-state index is -0.355. The lowest BCUT2D eigenvalue weighted by molar-refractivity contribution is 0.357. The van der Waals surface area contributed by atoms with E-state index >= 15 is 0 Å². The number of nitrogen functional groups attached to an aromatic ring is 1. The van der Waals surface area contributed by atoms with Crippen LogP contribution in [0.5, 0.6) is 5.75 Å². The van der Waals surface area contributed by atoms with Gasteiger partial charge in [-0.15, -0.1) is 0 Å². The first-order chi connectivity index (χ1) is 8.74. The lowest BCUT2D eigenvalue weighted by Gasteiger charge is -2.11. The molecule has 0 fully saturated rings. The Morgan fingerprint density at radius 3 is 2.94 bits per heavy atom. The molecule has 0 radical (unpaired) electrons. The second kappa shape index (κ2) is 4.22. The number of fused-ring (bicyclic) bond motifs is 1. The zero-order valence-electron chi connectivity index (χ0n) is 9.74. The van der Waals surface area contributed by atoms with Crippen LogP contribution in [0, 0.1) is 5.82 Å². The fourth-order valence-electron chi connectivity index (χ4n) is 2.08. The topological polar surface area (TPSA) is 47.3 Å². The van der Waals surface area contributed by atoms with Crippen molar-refractivity contribution in [3.05, 3.63) is 47.8 Å². The van der Waals surface area contributed by atoms with Gasteiger partial charge in [-0.05, 0) is 35.9 Å². The van der Waals surface area contributed by atoms with Crippen molar-refractivity contribution in [2.24, 2.45) is 0 Å². The summed E-state index contributed by atoms with van der Waals surface area (Å²) in [5.41, 5.74) is 8.42. The molecule has 3 rings (SSSR count). The highest BCUT2D eigenvalue weighted by Gasteiger charge is 2.13. The van der Waals surface area contributed by atoms with E-state index < -0.39 is 0 Å². The van der Waals surface area contributed by atoms with Crippen LogP contribution in [-0.4, -0.2) is 6.61 Å². The van der Waals surface area contributed by atoms with E-state index in [1.54, 1.807) is 12.1 Å². The summed E-state index contributed by atoms with van der Waals surface area (Å²) in [6.07, 6.45) is 0.887. The molecule has 3 nitrogen and oxygen atoms in total. The molecule has 0 spiro atoms. The molecular weight excluding hydrogens is 231 g/mol. The lowest BCUT2D eigenvalue weighted by Crippen LogP contribution is -1.99. The molecule has 2 aromatic carbocycles. The van der Waals surface area contributed by atoms with Crippen LogP contribution in [0.15, 0.2) is 36.4 Å². The number of ether oxygens (including phenoxy) is 1. The van der Waals surface area contributed by atoms with Crippen molar-refractivity contribution in [1.29, 1.82) is 0 Å². The number of anilines is 3. The molecule has 0 saturated carbocycles. The van der Waals surface area contributed by atoms with Gasteiger partial charge in [0.2, 0.25) is 0 Å². The highest BCUT2D eigenvalue weighted by atomic mass is 19.1. The number of rotatable bonds is 2. The molecule has 0 saturated heterocycles. The van der Waals surface area contributed by atoms with Crippen LogP contribution >= 0.6 is 0 Å². The molecule has 92 valence electrons. The molecule has 1 heterocycles. The summed E-state index contributed by atoms with van der Waals surface area (Å²) in [5, 5.41) is 3.01. The van der Waals surface area contributed by atoms with Gasteiger partial charge in [-0.3, -0.25) is 0 Å². The summed E-state index contributed by atoms with van der Waals surface area (Å²) in [6.45, 7) is 0.709. The van der Waals surface area contributed by atoms with Crippen molar-refractivity contribution in [2.45, 2.75) is 6.42 Å². The number of benzene rings is 2. The third-order valence-electron chi connectivity index (χ3n) is 3.00. The molecule has 18 heavy (non-hydrogen) atoms. The average molecular weight is 244 g/mol. The van der Waals surface area contributed by atoms with Crippen LogP contribution in [0.4, 0.5) is 21.5 Å². The van der Waals surface area contributed by atoms with Gasteiger partial charge >= 0.3 is 0 Å². The van der Waals surface area contributed by atoms with Crippen molar-refractivity contribution < 1.29 is 9.13 Å². The largest absolute Gasteiger partial charge is 0.493 e. The molecule has 0 aromatic heterocycles. The van der Waals surface area contributed by atoms with Crippen molar-refractivity contribution in [1.82, 2.24) is 0 Å². The average Bonchev–Trinajstić information content (AvgIpc) is 2.81. The third-order valence-corrected chi connectivity index (χ3v) is 3.00. The third kappa shape index (κ3) is 1.86. The zero-order chi connectivity index (χ0) is 12.5. The smallest absolute Gasteiger partial charge is 0.148 e. The Bertz CT molecular complexity index is 578. The van der Waals surface area contributed by atoms with E-state index in [1.807, 2.05) is 18.2 Å².